The smallest absolute Gasteiger partial charge is 0.324 e. The average Bonchev–Trinajstić information content (AvgIpc) is 3.38. The molecule has 3 heterocycles. The summed E-state index contributed by atoms with van der Waals surface area (Å²) in [6.45, 7) is 4.51. The maximum absolute atomic E-state index is 13.2. The molecule has 11 heteroatoms. The highest BCUT2D eigenvalue weighted by atomic mass is 35.5. The van der Waals surface area contributed by atoms with Crippen molar-refractivity contribution in [1.82, 2.24) is 9.88 Å². The molecule has 30 heavy (non-hydrogen) atoms. The van der Waals surface area contributed by atoms with E-state index in [1.807, 2.05) is 12.1 Å². The molecule has 0 saturated carbocycles. The van der Waals surface area contributed by atoms with Gasteiger partial charge in [-0.1, -0.05) is 34.3 Å². The third kappa shape index (κ3) is 4.79. The molecule has 1 aliphatic rings. The summed E-state index contributed by atoms with van der Waals surface area (Å²) in [7, 11) is 0. The van der Waals surface area contributed by atoms with Crippen LogP contribution in [-0.4, -0.2) is 60.1 Å². The number of carbonyl (C=O) groups excluding carboxylic acids is 1. The highest BCUT2D eigenvalue weighted by Gasteiger charge is 2.25. The number of amides is 1. The number of carbonyl (C=O) groups is 1. The van der Waals surface area contributed by atoms with E-state index in [-0.39, 0.29) is 10.9 Å². The SMILES string of the molecule is O=C(c1ccc([N+](=O)[O-])s1)N(CCCN1CCOCC1)c1nc2ccc(Cl)cc2s1. The molecule has 0 spiro atoms. The number of fused-ring (bicyclic) bond motifs is 1. The number of aromatic nitrogens is 1. The van der Waals surface area contributed by atoms with Crippen LogP contribution in [0.1, 0.15) is 16.1 Å². The molecule has 0 aliphatic carbocycles. The number of rotatable bonds is 7. The number of hydrogen-bond donors (Lipinski definition) is 0. The molecule has 1 saturated heterocycles. The highest BCUT2D eigenvalue weighted by Crippen LogP contribution is 2.33. The van der Waals surface area contributed by atoms with Crippen LogP contribution in [-0.2, 0) is 4.74 Å². The molecule has 1 amide bonds. The minimum atomic E-state index is -0.482. The zero-order valence-corrected chi connectivity index (χ0v) is 18.3. The molecule has 158 valence electrons. The number of benzene rings is 1. The van der Waals surface area contributed by atoms with Crippen LogP contribution in [0.5, 0.6) is 0 Å². The third-order valence-electron chi connectivity index (χ3n) is 4.76. The Morgan fingerprint density at radius 3 is 2.80 bits per heavy atom. The van der Waals surface area contributed by atoms with Crippen LogP contribution in [0.15, 0.2) is 30.3 Å². The predicted octanol–water partition coefficient (Wildman–Crippen LogP) is 4.29. The van der Waals surface area contributed by atoms with Gasteiger partial charge in [-0.25, -0.2) is 4.98 Å². The van der Waals surface area contributed by atoms with Crippen LogP contribution < -0.4 is 4.90 Å². The topological polar surface area (TPSA) is 88.8 Å². The van der Waals surface area contributed by atoms with Gasteiger partial charge in [-0.05, 0) is 30.7 Å². The van der Waals surface area contributed by atoms with Gasteiger partial charge < -0.3 is 4.74 Å². The van der Waals surface area contributed by atoms with Gasteiger partial charge in [0.1, 0.15) is 0 Å². The van der Waals surface area contributed by atoms with Gasteiger partial charge in [-0.2, -0.15) is 0 Å². The van der Waals surface area contributed by atoms with Crippen LogP contribution in [0.3, 0.4) is 0 Å². The lowest BCUT2D eigenvalue weighted by Crippen LogP contribution is -2.39. The van der Waals surface area contributed by atoms with E-state index in [4.69, 9.17) is 16.3 Å². The Hall–Kier alpha value is -2.11. The zero-order valence-electron chi connectivity index (χ0n) is 16.0. The van der Waals surface area contributed by atoms with Crippen LogP contribution >= 0.6 is 34.3 Å². The number of thiophene rings is 1. The van der Waals surface area contributed by atoms with Crippen molar-refractivity contribution in [2.75, 3.05) is 44.3 Å². The fourth-order valence-electron chi connectivity index (χ4n) is 3.24. The van der Waals surface area contributed by atoms with Crippen LogP contribution in [0.2, 0.25) is 5.02 Å². The first kappa shape index (κ1) is 21.1. The van der Waals surface area contributed by atoms with Gasteiger partial charge in [0.15, 0.2) is 5.13 Å². The lowest BCUT2D eigenvalue weighted by Gasteiger charge is -2.27. The summed E-state index contributed by atoms with van der Waals surface area (Å²) in [4.78, 5) is 32.6. The van der Waals surface area contributed by atoms with Gasteiger partial charge >= 0.3 is 5.00 Å². The van der Waals surface area contributed by atoms with Gasteiger partial charge in [-0.15, -0.1) is 0 Å². The summed E-state index contributed by atoms with van der Waals surface area (Å²) in [6.07, 6.45) is 0.760. The normalized spacial score (nSPS) is 14.8. The minimum Gasteiger partial charge on any atom is -0.379 e. The summed E-state index contributed by atoms with van der Waals surface area (Å²) in [5.74, 6) is -0.278. The quantitative estimate of drug-likeness (QED) is 0.381. The lowest BCUT2D eigenvalue weighted by atomic mass is 10.3. The number of ether oxygens (including phenoxy) is 1. The Morgan fingerprint density at radius 1 is 1.27 bits per heavy atom. The molecular weight excluding hydrogens is 448 g/mol. The number of anilines is 1. The molecule has 3 aromatic rings. The predicted molar refractivity (Wildman–Crippen MR) is 119 cm³/mol. The second-order valence-corrected chi connectivity index (χ2v) is 9.28. The van der Waals surface area contributed by atoms with E-state index in [0.29, 0.717) is 21.6 Å². The average molecular weight is 467 g/mol. The first-order valence-electron chi connectivity index (χ1n) is 9.43. The third-order valence-corrected chi connectivity index (χ3v) is 7.06. The molecule has 0 unspecified atom stereocenters. The van der Waals surface area contributed by atoms with Crippen molar-refractivity contribution in [2.45, 2.75) is 6.42 Å². The summed E-state index contributed by atoms with van der Waals surface area (Å²) in [5, 5.41) is 12.1. The van der Waals surface area contributed by atoms with E-state index in [2.05, 4.69) is 9.88 Å². The molecule has 2 aromatic heterocycles. The second-order valence-electron chi connectivity index (χ2n) is 6.77. The summed E-state index contributed by atoms with van der Waals surface area (Å²) in [6, 6.07) is 8.28. The molecule has 1 fully saturated rings. The van der Waals surface area contributed by atoms with E-state index in [1.165, 1.54) is 23.5 Å². The van der Waals surface area contributed by atoms with Gasteiger partial charge in [0.2, 0.25) is 0 Å². The Labute approximate surface area is 185 Å². The Balaban J connectivity index is 1.57. The van der Waals surface area contributed by atoms with Crippen molar-refractivity contribution in [3.8, 4) is 0 Å². The first-order chi connectivity index (χ1) is 14.5. The van der Waals surface area contributed by atoms with E-state index < -0.39 is 4.92 Å². The van der Waals surface area contributed by atoms with E-state index in [9.17, 15) is 14.9 Å². The van der Waals surface area contributed by atoms with Gasteiger partial charge in [0.25, 0.3) is 5.91 Å². The molecule has 8 nitrogen and oxygen atoms in total. The second kappa shape index (κ2) is 9.36. The van der Waals surface area contributed by atoms with Gasteiger partial charge in [-0.3, -0.25) is 24.7 Å². The molecule has 0 atom stereocenters. The largest absolute Gasteiger partial charge is 0.379 e. The first-order valence-corrected chi connectivity index (χ1v) is 11.4. The van der Waals surface area contributed by atoms with Crippen molar-refractivity contribution < 1.29 is 14.5 Å². The van der Waals surface area contributed by atoms with E-state index >= 15 is 0 Å². The molecule has 0 bridgehead atoms. The highest BCUT2D eigenvalue weighted by molar-refractivity contribution is 7.22. The monoisotopic (exact) mass is 466 g/mol. The summed E-state index contributed by atoms with van der Waals surface area (Å²) < 4.78 is 6.27. The summed E-state index contributed by atoms with van der Waals surface area (Å²) >= 11 is 8.36. The van der Waals surface area contributed by atoms with Crippen molar-refractivity contribution >= 4 is 60.5 Å². The van der Waals surface area contributed by atoms with Gasteiger partial charge in [0.05, 0.1) is 33.2 Å². The molecule has 0 N–H and O–H groups in total. The minimum absolute atomic E-state index is 0.0531. The van der Waals surface area contributed by atoms with Crippen LogP contribution in [0.25, 0.3) is 10.2 Å². The Morgan fingerprint density at radius 2 is 2.07 bits per heavy atom. The molecule has 0 radical (unpaired) electrons. The fraction of sp³-hybridized carbons (Fsp3) is 0.368. The van der Waals surface area contributed by atoms with E-state index in [1.54, 1.807) is 11.0 Å². The lowest BCUT2D eigenvalue weighted by molar-refractivity contribution is -0.380. The molecular formula is C19H19ClN4O4S2. The standard InChI is InChI=1S/C19H19ClN4O4S2/c20-13-2-3-14-16(12-13)30-19(21-14)23(7-1-6-22-8-10-28-11-9-22)18(25)15-4-5-17(29-15)24(26)27/h2-5,12H,1,6-11H2. The zero-order chi connectivity index (χ0) is 21.1. The number of nitro groups is 1. The maximum Gasteiger partial charge on any atom is 0.324 e. The number of morpholine rings is 1. The van der Waals surface area contributed by atoms with Crippen molar-refractivity contribution in [3.05, 3.63) is 50.3 Å². The van der Waals surface area contributed by atoms with E-state index in [0.717, 1.165) is 60.8 Å². The Kier molecular flexibility index (Phi) is 6.59. The van der Waals surface area contributed by atoms with Crippen molar-refractivity contribution in [3.63, 3.8) is 0 Å². The Bertz CT molecular complexity index is 1060. The number of halogens is 1. The number of nitrogens with zero attached hydrogens (tertiary/aromatic N) is 4. The molecule has 4 rings (SSSR count). The van der Waals surface area contributed by atoms with Gasteiger partial charge in [0, 0.05) is 37.3 Å². The van der Waals surface area contributed by atoms with Crippen LogP contribution in [0, 0.1) is 10.1 Å². The number of hydrogen-bond acceptors (Lipinski definition) is 8. The van der Waals surface area contributed by atoms with Crippen LogP contribution in [0.4, 0.5) is 10.1 Å². The van der Waals surface area contributed by atoms with Crippen molar-refractivity contribution in [1.29, 1.82) is 0 Å². The fourth-order valence-corrected chi connectivity index (χ4v) is 5.27. The van der Waals surface area contributed by atoms with Crippen molar-refractivity contribution in [2.24, 2.45) is 0 Å². The number of thiazole rings is 1. The molecule has 1 aliphatic heterocycles. The maximum atomic E-state index is 13.2. The molecule has 1 aromatic carbocycles. The summed E-state index contributed by atoms with van der Waals surface area (Å²) in [5.41, 5.74) is 0.766.